The molecule has 0 aliphatic heterocycles. The highest BCUT2D eigenvalue weighted by molar-refractivity contribution is 5.16. The van der Waals surface area contributed by atoms with Crippen molar-refractivity contribution < 1.29 is 4.39 Å². The van der Waals surface area contributed by atoms with Gasteiger partial charge in [-0.3, -0.25) is 0 Å². The van der Waals surface area contributed by atoms with E-state index in [1.165, 1.54) is 12.1 Å². The highest BCUT2D eigenvalue weighted by atomic mass is 19.1. The Kier molecular flexibility index (Phi) is 3.41. The van der Waals surface area contributed by atoms with Gasteiger partial charge in [-0.15, -0.1) is 0 Å². The SMILES string of the molecule is N#CC(N)CCc1cccc(F)c1. The quantitative estimate of drug-likeness (QED) is 0.764. The number of benzene rings is 1. The van der Waals surface area contributed by atoms with Gasteiger partial charge in [0, 0.05) is 0 Å². The molecule has 0 fully saturated rings. The van der Waals surface area contributed by atoms with Crippen molar-refractivity contribution in [3.05, 3.63) is 35.6 Å². The van der Waals surface area contributed by atoms with E-state index in [1.807, 2.05) is 12.1 Å². The first-order valence-corrected chi connectivity index (χ1v) is 4.12. The van der Waals surface area contributed by atoms with Crippen LogP contribution >= 0.6 is 0 Å². The molecule has 1 atom stereocenters. The highest BCUT2D eigenvalue weighted by Crippen LogP contribution is 2.06. The van der Waals surface area contributed by atoms with Crippen LogP contribution in [0.1, 0.15) is 12.0 Å². The van der Waals surface area contributed by atoms with Gasteiger partial charge in [0.1, 0.15) is 5.82 Å². The number of nitriles is 1. The van der Waals surface area contributed by atoms with Crippen molar-refractivity contribution in [2.24, 2.45) is 5.73 Å². The van der Waals surface area contributed by atoms with Crippen LogP contribution in [0.2, 0.25) is 0 Å². The predicted octanol–water partition coefficient (Wildman–Crippen LogP) is 1.61. The molecule has 0 aromatic heterocycles. The van der Waals surface area contributed by atoms with Crippen LogP contribution in [0.4, 0.5) is 4.39 Å². The number of aryl methyl sites for hydroxylation is 1. The molecule has 13 heavy (non-hydrogen) atoms. The van der Waals surface area contributed by atoms with Crippen LogP contribution < -0.4 is 5.73 Å². The summed E-state index contributed by atoms with van der Waals surface area (Å²) in [6.07, 6.45) is 1.21. The van der Waals surface area contributed by atoms with Gasteiger partial charge in [0.2, 0.25) is 0 Å². The zero-order valence-corrected chi connectivity index (χ0v) is 7.20. The zero-order valence-electron chi connectivity index (χ0n) is 7.20. The molecule has 2 nitrogen and oxygen atoms in total. The lowest BCUT2D eigenvalue weighted by Gasteiger charge is -2.02. The molecule has 0 aliphatic carbocycles. The fourth-order valence-corrected chi connectivity index (χ4v) is 1.08. The Morgan fingerprint density at radius 2 is 2.31 bits per heavy atom. The Morgan fingerprint density at radius 3 is 2.92 bits per heavy atom. The van der Waals surface area contributed by atoms with E-state index in [4.69, 9.17) is 11.0 Å². The average Bonchev–Trinajstić information content (AvgIpc) is 2.14. The lowest BCUT2D eigenvalue weighted by atomic mass is 10.1. The Labute approximate surface area is 76.8 Å². The highest BCUT2D eigenvalue weighted by Gasteiger charge is 2.01. The largest absolute Gasteiger partial charge is 0.316 e. The van der Waals surface area contributed by atoms with Gasteiger partial charge in [-0.25, -0.2) is 4.39 Å². The first-order chi connectivity index (χ1) is 6.22. The van der Waals surface area contributed by atoms with Crippen LogP contribution in [-0.4, -0.2) is 6.04 Å². The Balaban J connectivity index is 2.51. The van der Waals surface area contributed by atoms with Crippen molar-refractivity contribution in [1.82, 2.24) is 0 Å². The van der Waals surface area contributed by atoms with E-state index in [0.29, 0.717) is 12.8 Å². The minimum absolute atomic E-state index is 0.247. The lowest BCUT2D eigenvalue weighted by Crippen LogP contribution is -2.17. The van der Waals surface area contributed by atoms with Crippen LogP contribution in [0.25, 0.3) is 0 Å². The summed E-state index contributed by atoms with van der Waals surface area (Å²) in [5.41, 5.74) is 6.28. The Morgan fingerprint density at radius 1 is 1.54 bits per heavy atom. The number of hydrogen-bond donors (Lipinski definition) is 1. The third-order valence-corrected chi connectivity index (χ3v) is 1.80. The molecule has 68 valence electrons. The van der Waals surface area contributed by atoms with E-state index in [0.717, 1.165) is 5.56 Å². The van der Waals surface area contributed by atoms with Gasteiger partial charge in [0.25, 0.3) is 0 Å². The van der Waals surface area contributed by atoms with Gasteiger partial charge in [-0.1, -0.05) is 12.1 Å². The maximum absolute atomic E-state index is 12.7. The molecule has 0 bridgehead atoms. The van der Waals surface area contributed by atoms with Gasteiger partial charge >= 0.3 is 0 Å². The summed E-state index contributed by atoms with van der Waals surface area (Å²) in [5.74, 6) is -0.247. The van der Waals surface area contributed by atoms with Crippen molar-refractivity contribution in [2.45, 2.75) is 18.9 Å². The zero-order chi connectivity index (χ0) is 9.68. The second-order valence-corrected chi connectivity index (χ2v) is 2.90. The van der Waals surface area contributed by atoms with Gasteiger partial charge in [-0.05, 0) is 30.5 Å². The molecule has 2 N–H and O–H groups in total. The third-order valence-electron chi connectivity index (χ3n) is 1.80. The average molecular weight is 178 g/mol. The summed E-state index contributed by atoms with van der Waals surface area (Å²) in [6.45, 7) is 0. The van der Waals surface area contributed by atoms with Crippen molar-refractivity contribution >= 4 is 0 Å². The first kappa shape index (κ1) is 9.69. The first-order valence-electron chi connectivity index (χ1n) is 4.12. The molecule has 1 aromatic carbocycles. The van der Waals surface area contributed by atoms with E-state index in [9.17, 15) is 4.39 Å². The van der Waals surface area contributed by atoms with Crippen molar-refractivity contribution in [1.29, 1.82) is 5.26 Å². The van der Waals surface area contributed by atoms with E-state index >= 15 is 0 Å². The van der Waals surface area contributed by atoms with Gasteiger partial charge in [-0.2, -0.15) is 5.26 Å². The van der Waals surface area contributed by atoms with Crippen LogP contribution in [0.15, 0.2) is 24.3 Å². The number of hydrogen-bond acceptors (Lipinski definition) is 2. The second-order valence-electron chi connectivity index (χ2n) is 2.90. The van der Waals surface area contributed by atoms with E-state index in [-0.39, 0.29) is 5.82 Å². The molecule has 0 amide bonds. The topological polar surface area (TPSA) is 49.8 Å². The molecule has 0 spiro atoms. The Bertz CT molecular complexity index is 317. The molecule has 0 heterocycles. The molecule has 1 unspecified atom stereocenters. The molecule has 0 saturated carbocycles. The molecule has 3 heteroatoms. The summed E-state index contributed by atoms with van der Waals surface area (Å²) in [6, 6.07) is 7.82. The summed E-state index contributed by atoms with van der Waals surface area (Å²) in [7, 11) is 0. The summed E-state index contributed by atoms with van der Waals surface area (Å²) in [4.78, 5) is 0. The normalized spacial score (nSPS) is 12.1. The standard InChI is InChI=1S/C10H11FN2/c11-9-3-1-2-8(6-9)4-5-10(13)7-12/h1-3,6,10H,4-5,13H2. The number of nitrogens with zero attached hydrogens (tertiary/aromatic N) is 1. The maximum atomic E-state index is 12.7. The van der Waals surface area contributed by atoms with Gasteiger partial charge in [0.15, 0.2) is 0 Å². The summed E-state index contributed by atoms with van der Waals surface area (Å²) in [5, 5.41) is 8.42. The Hall–Kier alpha value is -1.40. The monoisotopic (exact) mass is 178 g/mol. The molecular formula is C10H11FN2. The van der Waals surface area contributed by atoms with Gasteiger partial charge in [0.05, 0.1) is 12.1 Å². The van der Waals surface area contributed by atoms with E-state index in [2.05, 4.69) is 0 Å². The third kappa shape index (κ3) is 3.22. The lowest BCUT2D eigenvalue weighted by molar-refractivity contribution is 0.623. The van der Waals surface area contributed by atoms with E-state index < -0.39 is 6.04 Å². The molecular weight excluding hydrogens is 167 g/mol. The fraction of sp³-hybridized carbons (Fsp3) is 0.300. The number of nitrogens with two attached hydrogens (primary N) is 1. The summed E-state index contributed by atoms with van der Waals surface area (Å²) >= 11 is 0. The van der Waals surface area contributed by atoms with Gasteiger partial charge < -0.3 is 5.73 Å². The molecule has 0 saturated heterocycles. The predicted molar refractivity (Wildman–Crippen MR) is 48.3 cm³/mol. The van der Waals surface area contributed by atoms with Crippen molar-refractivity contribution in [3.8, 4) is 6.07 Å². The fourth-order valence-electron chi connectivity index (χ4n) is 1.08. The summed E-state index contributed by atoms with van der Waals surface area (Å²) < 4.78 is 12.7. The molecule has 1 aromatic rings. The minimum Gasteiger partial charge on any atom is -0.316 e. The van der Waals surface area contributed by atoms with Crippen LogP contribution in [0.3, 0.4) is 0 Å². The van der Waals surface area contributed by atoms with Crippen LogP contribution in [0, 0.1) is 17.1 Å². The second kappa shape index (κ2) is 4.58. The smallest absolute Gasteiger partial charge is 0.123 e. The van der Waals surface area contributed by atoms with Crippen molar-refractivity contribution in [2.75, 3.05) is 0 Å². The van der Waals surface area contributed by atoms with Crippen LogP contribution in [0.5, 0.6) is 0 Å². The maximum Gasteiger partial charge on any atom is 0.123 e. The van der Waals surface area contributed by atoms with Crippen molar-refractivity contribution in [3.63, 3.8) is 0 Å². The minimum atomic E-state index is -0.455. The molecule has 1 rings (SSSR count). The molecule has 0 aliphatic rings. The van der Waals surface area contributed by atoms with Crippen LogP contribution in [-0.2, 0) is 6.42 Å². The molecule has 0 radical (unpaired) electrons. The number of rotatable bonds is 3. The number of halogens is 1. The van der Waals surface area contributed by atoms with E-state index in [1.54, 1.807) is 6.07 Å².